The van der Waals surface area contributed by atoms with E-state index in [0.717, 1.165) is 0 Å². The second kappa shape index (κ2) is 8.51. The molecule has 2 aromatic rings. The minimum Gasteiger partial charge on any atom is -0.352 e. The summed E-state index contributed by atoms with van der Waals surface area (Å²) < 4.78 is 50.2. The van der Waals surface area contributed by atoms with E-state index in [0.29, 0.717) is 17.7 Å². The Kier molecular flexibility index (Phi) is 6.42. The van der Waals surface area contributed by atoms with Crippen LogP contribution in [0, 0.1) is 0 Å². The molecule has 0 radical (unpaired) electrons. The summed E-state index contributed by atoms with van der Waals surface area (Å²) in [6.07, 6.45) is 0.486. The maximum atomic E-state index is 12.4. The van der Waals surface area contributed by atoms with Gasteiger partial charge in [0.1, 0.15) is 0 Å². The number of anilines is 1. The third-order valence-electron chi connectivity index (χ3n) is 4.37. The lowest BCUT2D eigenvalue weighted by atomic mass is 10.1. The van der Waals surface area contributed by atoms with Gasteiger partial charge in [-0.2, -0.15) is 0 Å². The topological polar surface area (TPSA) is 109 Å². The van der Waals surface area contributed by atoms with Gasteiger partial charge in [0.05, 0.1) is 32.9 Å². The molecule has 1 amide bonds. The Morgan fingerprint density at radius 2 is 1.76 bits per heavy atom. The third-order valence-corrected chi connectivity index (χ3v) is 8.26. The number of carbonyl (C=O) groups is 1. The average Bonchev–Trinajstić information content (AvgIpc) is 2.97. The fourth-order valence-electron chi connectivity index (χ4n) is 2.92. The molecule has 1 saturated heterocycles. The molecular formula is C18H18Cl2N2O5S2. The molecule has 29 heavy (non-hydrogen) atoms. The van der Waals surface area contributed by atoms with Crippen molar-refractivity contribution in [3.8, 4) is 0 Å². The van der Waals surface area contributed by atoms with Crippen LogP contribution in [0.2, 0.25) is 10.0 Å². The molecule has 0 saturated carbocycles. The third kappa shape index (κ3) is 5.85. The van der Waals surface area contributed by atoms with Crippen LogP contribution in [-0.2, 0) is 31.1 Å². The highest BCUT2D eigenvalue weighted by Gasteiger charge is 2.28. The molecule has 0 unspecified atom stereocenters. The predicted molar refractivity (Wildman–Crippen MR) is 113 cm³/mol. The number of amides is 1. The molecule has 0 bridgehead atoms. The first-order valence-electron chi connectivity index (χ1n) is 8.61. The predicted octanol–water partition coefficient (Wildman–Crippen LogP) is 2.64. The molecule has 156 valence electrons. The first-order chi connectivity index (χ1) is 13.5. The molecule has 0 spiro atoms. The molecule has 0 aliphatic carbocycles. The molecule has 11 heteroatoms. The van der Waals surface area contributed by atoms with Crippen LogP contribution < -0.4 is 10.0 Å². The number of hydrogen-bond donors (Lipinski definition) is 2. The highest BCUT2D eigenvalue weighted by molar-refractivity contribution is 7.92. The van der Waals surface area contributed by atoms with Gasteiger partial charge in [-0.05, 0) is 42.3 Å². The van der Waals surface area contributed by atoms with Crippen LogP contribution in [0.5, 0.6) is 0 Å². The Bertz CT molecular complexity index is 1130. The van der Waals surface area contributed by atoms with Crippen molar-refractivity contribution in [2.24, 2.45) is 0 Å². The zero-order chi connectivity index (χ0) is 21.2. The van der Waals surface area contributed by atoms with E-state index in [9.17, 15) is 21.6 Å². The molecule has 7 nitrogen and oxygen atoms in total. The van der Waals surface area contributed by atoms with Crippen molar-refractivity contribution < 1.29 is 21.6 Å². The summed E-state index contributed by atoms with van der Waals surface area (Å²) in [5.74, 6) is -0.226. The van der Waals surface area contributed by atoms with Gasteiger partial charge in [-0.15, -0.1) is 0 Å². The zero-order valence-electron chi connectivity index (χ0n) is 15.1. The van der Waals surface area contributed by atoms with Gasteiger partial charge in [-0.25, -0.2) is 16.8 Å². The van der Waals surface area contributed by atoms with Crippen LogP contribution in [0.25, 0.3) is 0 Å². The van der Waals surface area contributed by atoms with E-state index in [1.54, 1.807) is 12.1 Å². The Morgan fingerprint density at radius 1 is 1.07 bits per heavy atom. The minimum atomic E-state index is -3.84. The normalized spacial score (nSPS) is 18.3. The maximum Gasteiger partial charge on any atom is 0.261 e. The van der Waals surface area contributed by atoms with Gasteiger partial charge in [-0.3, -0.25) is 9.52 Å². The molecule has 3 rings (SSSR count). The Labute approximate surface area is 179 Å². The van der Waals surface area contributed by atoms with Gasteiger partial charge in [-0.1, -0.05) is 35.3 Å². The molecule has 1 heterocycles. The minimum absolute atomic E-state index is 0.0260. The molecule has 0 aromatic heterocycles. The van der Waals surface area contributed by atoms with Crippen molar-refractivity contribution in [2.45, 2.75) is 23.8 Å². The maximum absolute atomic E-state index is 12.4. The van der Waals surface area contributed by atoms with Gasteiger partial charge in [0, 0.05) is 11.7 Å². The summed E-state index contributed by atoms with van der Waals surface area (Å²) in [7, 11) is -6.91. The second-order valence-electron chi connectivity index (χ2n) is 6.72. The van der Waals surface area contributed by atoms with Gasteiger partial charge < -0.3 is 5.32 Å². The van der Waals surface area contributed by atoms with Crippen molar-refractivity contribution in [1.82, 2.24) is 5.32 Å². The largest absolute Gasteiger partial charge is 0.352 e. The van der Waals surface area contributed by atoms with Crippen LogP contribution >= 0.6 is 23.2 Å². The standard InChI is InChI=1S/C18H18Cl2N2O5S2/c19-16-6-5-15(10-17(16)20)29(26,27)22-13-3-1-12(2-4-13)9-18(23)21-14-7-8-28(24,25)11-14/h1-6,10,14,22H,7-9,11H2,(H,21,23)/t14-/m0/s1. The van der Waals surface area contributed by atoms with E-state index < -0.39 is 19.9 Å². The van der Waals surface area contributed by atoms with Gasteiger partial charge in [0.2, 0.25) is 5.91 Å². The quantitative estimate of drug-likeness (QED) is 0.665. The number of hydrogen-bond acceptors (Lipinski definition) is 5. The number of rotatable bonds is 6. The lowest BCUT2D eigenvalue weighted by molar-refractivity contribution is -0.121. The first-order valence-corrected chi connectivity index (χ1v) is 12.7. The summed E-state index contributed by atoms with van der Waals surface area (Å²) in [5.41, 5.74) is 0.989. The number of sulfone groups is 1. The van der Waals surface area contributed by atoms with Gasteiger partial charge in [0.25, 0.3) is 10.0 Å². The molecule has 1 aliphatic rings. The molecule has 2 N–H and O–H groups in total. The smallest absolute Gasteiger partial charge is 0.261 e. The number of nitrogens with one attached hydrogen (secondary N) is 2. The van der Waals surface area contributed by atoms with E-state index in [1.807, 2.05) is 0 Å². The monoisotopic (exact) mass is 476 g/mol. The van der Waals surface area contributed by atoms with Crippen LogP contribution in [0.1, 0.15) is 12.0 Å². The van der Waals surface area contributed by atoms with Gasteiger partial charge in [0.15, 0.2) is 9.84 Å². The lowest BCUT2D eigenvalue weighted by Crippen LogP contribution is -2.36. The summed E-state index contributed by atoms with van der Waals surface area (Å²) in [5, 5.41) is 3.10. The van der Waals surface area contributed by atoms with Crippen molar-refractivity contribution in [2.75, 3.05) is 16.2 Å². The van der Waals surface area contributed by atoms with Gasteiger partial charge >= 0.3 is 0 Å². The Hall–Kier alpha value is -1.81. The molecule has 1 aliphatic heterocycles. The highest BCUT2D eigenvalue weighted by Crippen LogP contribution is 2.26. The van der Waals surface area contributed by atoms with E-state index in [1.165, 1.54) is 30.3 Å². The Morgan fingerprint density at radius 3 is 2.34 bits per heavy atom. The molecule has 1 fully saturated rings. The second-order valence-corrected chi connectivity index (χ2v) is 11.4. The van der Waals surface area contributed by atoms with E-state index >= 15 is 0 Å². The molecule has 2 aromatic carbocycles. The summed E-state index contributed by atoms with van der Waals surface area (Å²) in [6.45, 7) is 0. The number of halogens is 2. The molecular weight excluding hydrogens is 459 g/mol. The fraction of sp³-hybridized carbons (Fsp3) is 0.278. The van der Waals surface area contributed by atoms with Crippen LogP contribution in [0.3, 0.4) is 0 Å². The SMILES string of the molecule is O=C(Cc1ccc(NS(=O)(=O)c2ccc(Cl)c(Cl)c2)cc1)N[C@H]1CCS(=O)(=O)C1. The number of benzene rings is 2. The van der Waals surface area contributed by atoms with Crippen molar-refractivity contribution in [1.29, 1.82) is 0 Å². The van der Waals surface area contributed by atoms with Crippen LogP contribution in [-0.4, -0.2) is 40.3 Å². The first kappa shape index (κ1) is 21.9. The fourth-order valence-corrected chi connectivity index (χ4v) is 6.04. The van der Waals surface area contributed by atoms with Crippen molar-refractivity contribution >= 4 is 54.7 Å². The average molecular weight is 477 g/mol. The van der Waals surface area contributed by atoms with Crippen molar-refractivity contribution in [3.63, 3.8) is 0 Å². The van der Waals surface area contributed by atoms with Crippen LogP contribution in [0.4, 0.5) is 5.69 Å². The van der Waals surface area contributed by atoms with E-state index in [2.05, 4.69) is 10.0 Å². The number of sulfonamides is 1. The van der Waals surface area contributed by atoms with Crippen molar-refractivity contribution in [3.05, 3.63) is 58.1 Å². The summed E-state index contributed by atoms with van der Waals surface area (Å²) >= 11 is 11.7. The summed E-state index contributed by atoms with van der Waals surface area (Å²) in [6, 6.07) is 9.97. The van der Waals surface area contributed by atoms with E-state index in [-0.39, 0.29) is 44.8 Å². The lowest BCUT2D eigenvalue weighted by Gasteiger charge is -2.12. The highest BCUT2D eigenvalue weighted by atomic mass is 35.5. The number of carbonyl (C=O) groups excluding carboxylic acids is 1. The van der Waals surface area contributed by atoms with Crippen LogP contribution in [0.15, 0.2) is 47.4 Å². The summed E-state index contributed by atoms with van der Waals surface area (Å²) in [4.78, 5) is 12.1. The zero-order valence-corrected chi connectivity index (χ0v) is 18.2. The Balaban J connectivity index is 1.61. The van der Waals surface area contributed by atoms with E-state index in [4.69, 9.17) is 23.2 Å². The molecule has 1 atom stereocenters.